The number of para-hydroxylation sites is 3. The van der Waals surface area contributed by atoms with Crippen LogP contribution in [0.25, 0.3) is 83.2 Å². The van der Waals surface area contributed by atoms with Crippen LogP contribution in [0.1, 0.15) is 36.4 Å². The summed E-state index contributed by atoms with van der Waals surface area (Å²) >= 11 is 0. The molecule has 10 aromatic rings. The van der Waals surface area contributed by atoms with Crippen molar-refractivity contribution in [1.82, 2.24) is 14.5 Å². The zero-order valence-corrected chi connectivity index (χ0v) is 37.0. The molecule has 3 heterocycles. The van der Waals surface area contributed by atoms with E-state index in [0.29, 0.717) is 0 Å². The number of pyridine rings is 1. The summed E-state index contributed by atoms with van der Waals surface area (Å²) in [4.78, 5) is 9.75. The van der Waals surface area contributed by atoms with Gasteiger partial charge in [-0.1, -0.05) is 160 Å². The summed E-state index contributed by atoms with van der Waals surface area (Å²) in [6, 6.07) is 57.4. The van der Waals surface area contributed by atoms with Crippen molar-refractivity contribution in [3.63, 3.8) is 0 Å². The second-order valence-corrected chi connectivity index (χ2v) is 20.9. The fourth-order valence-corrected chi connectivity index (χ4v) is 9.40. The summed E-state index contributed by atoms with van der Waals surface area (Å²) in [6.45, 7) is 8.38. The zero-order valence-electron chi connectivity index (χ0n) is 37.6. The van der Waals surface area contributed by atoms with Crippen molar-refractivity contribution >= 4 is 57.0 Å². The minimum atomic E-state index is -2.13. The largest absolute Gasteiger partial charge is 0.501 e. The molecular formula is C53H45IrN3OSi-2. The fraction of sp³-hybridized carbons (Fsp3) is 0.132. The van der Waals surface area contributed by atoms with Gasteiger partial charge in [-0.3, -0.25) is 4.98 Å². The van der Waals surface area contributed by atoms with E-state index in [0.717, 1.165) is 83.4 Å². The monoisotopic (exact) mass is 964 g/mol. The van der Waals surface area contributed by atoms with Crippen LogP contribution in [-0.2, 0) is 20.1 Å². The molecule has 0 aliphatic carbocycles. The van der Waals surface area contributed by atoms with Gasteiger partial charge in [0.25, 0.3) is 0 Å². The van der Waals surface area contributed by atoms with Crippen LogP contribution in [0.3, 0.4) is 0 Å². The predicted molar refractivity (Wildman–Crippen MR) is 246 cm³/mol. The van der Waals surface area contributed by atoms with Crippen molar-refractivity contribution < 1.29 is 30.0 Å². The van der Waals surface area contributed by atoms with Gasteiger partial charge in [0.05, 0.1) is 36.2 Å². The number of imidazole rings is 1. The SMILES string of the molecule is [2H]C([2H])([2H])c1c[c-]c(-c2cc(C([2H])(C)C)c([Si](C)(C)C)cn2)cc1.[Ir].[c-]1ccc2c(oc3ccccc32)c1-c1nc2ccccc2n1-c1c(-c2ccccc2)ccc2ccccc12. The summed E-state index contributed by atoms with van der Waals surface area (Å²) in [7, 11) is -1.61. The molecule has 0 aliphatic heterocycles. The first-order valence-corrected chi connectivity index (χ1v) is 23.1. The number of furan rings is 1. The molecule has 1 radical (unpaired) electrons. The third kappa shape index (κ3) is 7.60. The molecule has 0 N–H and O–H groups in total. The molecule has 4 nitrogen and oxygen atoms in total. The van der Waals surface area contributed by atoms with Crippen LogP contribution in [-0.4, -0.2) is 22.6 Å². The van der Waals surface area contributed by atoms with E-state index >= 15 is 0 Å². The molecule has 0 unspecified atom stereocenters. The molecule has 59 heavy (non-hydrogen) atoms. The molecule has 0 amide bonds. The van der Waals surface area contributed by atoms with E-state index in [1.807, 2.05) is 56.4 Å². The Balaban J connectivity index is 0.000000190. The Morgan fingerprint density at radius 3 is 2.27 bits per heavy atom. The van der Waals surface area contributed by atoms with E-state index in [1.54, 1.807) is 12.1 Å². The number of aromatic nitrogens is 3. The van der Waals surface area contributed by atoms with Gasteiger partial charge < -0.3 is 14.0 Å². The standard InChI is InChI=1S/C35H21N2O.C18H24NSi.Ir/c1-2-11-23(12-3-1)26-22-21-24-13-4-5-14-25(24)33(26)37-31-19-8-7-18-30(31)36-35(37)29-17-10-16-28-27-15-6-9-20-32(27)38-34(28)29;1-13(2)16-11-17(15-9-7-14(3)8-10-15)19-12-18(16)20(4,5)6;/h1-16,18-22H;7-9,11-13H,1-6H3;/q2*-1;/i;3D3,13D;. The molecule has 0 aliphatic rings. The number of benzene rings is 7. The van der Waals surface area contributed by atoms with Crippen LogP contribution < -0.4 is 5.19 Å². The minimum absolute atomic E-state index is 0. The van der Waals surface area contributed by atoms with Crippen LogP contribution in [0.4, 0.5) is 0 Å². The summed E-state index contributed by atoms with van der Waals surface area (Å²) in [5.74, 6) is 0.0933. The van der Waals surface area contributed by atoms with Crippen molar-refractivity contribution in [2.24, 2.45) is 0 Å². The molecule has 6 heteroatoms. The van der Waals surface area contributed by atoms with Crippen LogP contribution in [0, 0.1) is 19.0 Å². The van der Waals surface area contributed by atoms with E-state index in [-0.39, 0.29) is 25.7 Å². The van der Waals surface area contributed by atoms with Gasteiger partial charge >= 0.3 is 0 Å². The fourth-order valence-electron chi connectivity index (χ4n) is 7.82. The maximum absolute atomic E-state index is 8.48. The average molecular weight is 964 g/mol. The second kappa shape index (κ2) is 16.4. The van der Waals surface area contributed by atoms with Crippen molar-refractivity contribution in [3.8, 4) is 39.5 Å². The zero-order chi connectivity index (χ0) is 43.4. The van der Waals surface area contributed by atoms with Gasteiger partial charge in [0, 0.05) is 48.1 Å². The van der Waals surface area contributed by atoms with E-state index in [2.05, 4.69) is 138 Å². The Morgan fingerprint density at radius 2 is 1.51 bits per heavy atom. The molecule has 0 atom stereocenters. The maximum Gasteiger partial charge on any atom is 0.120 e. The third-order valence-corrected chi connectivity index (χ3v) is 12.7. The molecule has 293 valence electrons. The predicted octanol–water partition coefficient (Wildman–Crippen LogP) is 13.7. The topological polar surface area (TPSA) is 43.9 Å². The number of nitrogens with zero attached hydrogens (tertiary/aromatic N) is 3. The molecule has 3 aromatic heterocycles. The van der Waals surface area contributed by atoms with Gasteiger partial charge in [-0.05, 0) is 45.9 Å². The minimum Gasteiger partial charge on any atom is -0.501 e. The van der Waals surface area contributed by atoms with Gasteiger partial charge in [0.15, 0.2) is 0 Å². The van der Waals surface area contributed by atoms with Crippen molar-refractivity contribution in [2.45, 2.75) is 46.2 Å². The molecule has 0 spiro atoms. The average Bonchev–Trinajstić information content (AvgIpc) is 3.84. The van der Waals surface area contributed by atoms with Gasteiger partial charge in [-0.15, -0.1) is 53.6 Å². The maximum atomic E-state index is 8.48. The molecule has 7 aromatic carbocycles. The van der Waals surface area contributed by atoms with E-state index in [4.69, 9.17) is 14.9 Å². The molecule has 0 bridgehead atoms. The van der Waals surface area contributed by atoms with Crippen molar-refractivity contribution in [3.05, 3.63) is 181 Å². The van der Waals surface area contributed by atoms with Crippen LogP contribution in [0.5, 0.6) is 0 Å². The molecular weight excluding hydrogens is 915 g/mol. The summed E-state index contributed by atoms with van der Waals surface area (Å²) in [5, 5.41) is 5.68. The number of fused-ring (bicyclic) bond motifs is 5. The van der Waals surface area contributed by atoms with Crippen molar-refractivity contribution in [1.29, 1.82) is 0 Å². The number of hydrogen-bond acceptors (Lipinski definition) is 3. The Labute approximate surface area is 366 Å². The van der Waals surface area contributed by atoms with Crippen LogP contribution in [0.2, 0.25) is 19.6 Å². The second-order valence-electron chi connectivity index (χ2n) is 15.9. The van der Waals surface area contributed by atoms with Gasteiger partial charge in [0.2, 0.25) is 0 Å². The molecule has 0 fully saturated rings. The Kier molecular flexibility index (Phi) is 9.74. The smallest absolute Gasteiger partial charge is 0.120 e. The summed E-state index contributed by atoms with van der Waals surface area (Å²) in [5.41, 5.74) is 10.6. The quantitative estimate of drug-likeness (QED) is 0.123. The van der Waals surface area contributed by atoms with Crippen LogP contribution >= 0.6 is 0 Å². The Hall–Kier alpha value is -5.91. The van der Waals surface area contributed by atoms with Crippen LogP contribution in [0.15, 0.2) is 162 Å². The first kappa shape index (κ1) is 35.1. The summed E-state index contributed by atoms with van der Waals surface area (Å²) in [6.07, 6.45) is 1.89. The van der Waals surface area contributed by atoms with E-state index in [1.165, 1.54) is 16.6 Å². The molecule has 10 rings (SSSR count). The van der Waals surface area contributed by atoms with Gasteiger partial charge in [0.1, 0.15) is 5.58 Å². The van der Waals surface area contributed by atoms with E-state index < -0.39 is 20.8 Å². The van der Waals surface area contributed by atoms with Gasteiger partial charge in [-0.25, -0.2) is 0 Å². The number of hydrogen-bond donors (Lipinski definition) is 0. The Bertz CT molecular complexity index is 3260. The van der Waals surface area contributed by atoms with Crippen molar-refractivity contribution in [2.75, 3.05) is 0 Å². The number of aryl methyl sites for hydroxylation is 1. The number of rotatable bonds is 6. The van der Waals surface area contributed by atoms with Gasteiger partial charge in [-0.2, -0.15) is 0 Å². The molecule has 0 saturated heterocycles. The Morgan fingerprint density at radius 1 is 0.763 bits per heavy atom. The molecule has 0 saturated carbocycles. The normalized spacial score (nSPS) is 13.0. The first-order chi connectivity index (χ1) is 29.7. The summed E-state index contributed by atoms with van der Waals surface area (Å²) < 4.78 is 39.5. The van der Waals surface area contributed by atoms with E-state index in [9.17, 15) is 0 Å². The third-order valence-electron chi connectivity index (χ3n) is 10.7. The first-order valence-electron chi connectivity index (χ1n) is 21.6.